The molecule has 0 aliphatic heterocycles. The van der Waals surface area contributed by atoms with Crippen LogP contribution in [0.4, 0.5) is 0 Å². The Morgan fingerprint density at radius 1 is 0.714 bits per heavy atom. The normalized spacial score (nSPS) is 10.7. The van der Waals surface area contributed by atoms with Gasteiger partial charge in [-0.25, -0.2) is 0 Å². The van der Waals surface area contributed by atoms with Crippen molar-refractivity contribution in [3.05, 3.63) is 0 Å². The van der Waals surface area contributed by atoms with Crippen molar-refractivity contribution in [3.63, 3.8) is 0 Å². The van der Waals surface area contributed by atoms with Crippen molar-refractivity contribution < 1.29 is 4.80 Å². The lowest BCUT2D eigenvalue weighted by molar-refractivity contribution is 0.555. The molecule has 0 amide bonds. The highest BCUT2D eigenvalue weighted by Crippen LogP contribution is 2.10. The Morgan fingerprint density at radius 3 is 1.57 bits per heavy atom. The number of hydrogen-bond acceptors (Lipinski definition) is 1. The van der Waals surface area contributed by atoms with E-state index >= 15 is 0 Å². The lowest BCUT2D eigenvalue weighted by Gasteiger charge is -2.01. The molecule has 2 heteroatoms. The molecule has 1 N–H and O–H groups in total. The molecule has 0 bridgehead atoms. The molecule has 14 heavy (non-hydrogen) atoms. The summed E-state index contributed by atoms with van der Waals surface area (Å²) in [5.41, 5.74) is 0. The molecule has 84 valence electrons. The summed E-state index contributed by atoms with van der Waals surface area (Å²) in [6.45, 7) is 2.27. The van der Waals surface area contributed by atoms with Gasteiger partial charge >= 0.3 is 0 Å². The zero-order chi connectivity index (χ0) is 10.5. The highest BCUT2D eigenvalue weighted by Gasteiger charge is 1.92. The topological polar surface area (TPSA) is 20.2 Å². The Balaban J connectivity index is 2.78. The van der Waals surface area contributed by atoms with Crippen LogP contribution in [0.1, 0.15) is 71.1 Å². The molecule has 1 nitrogen and oxygen atoms in total. The third kappa shape index (κ3) is 12.2. The van der Waals surface area contributed by atoms with Gasteiger partial charge in [-0.05, 0) is 6.04 Å². The van der Waals surface area contributed by atoms with E-state index in [9.17, 15) is 0 Å². The van der Waals surface area contributed by atoms with E-state index in [-0.39, 0.29) is 9.76 Å². The second-order valence-electron chi connectivity index (χ2n) is 4.09. The molecule has 0 saturated carbocycles. The third-order valence-corrected chi connectivity index (χ3v) is 3.22. The number of unbranched alkanes of at least 4 members (excludes halogenated alkanes) is 9. The lowest BCUT2D eigenvalue weighted by Crippen LogP contribution is -1.86. The molecule has 0 aromatic heterocycles. The summed E-state index contributed by atoms with van der Waals surface area (Å²) in [6, 6.07) is 1.02. The maximum atomic E-state index is 8.62. The average molecular weight is 214 g/mol. The van der Waals surface area contributed by atoms with E-state index in [1.54, 1.807) is 0 Å². The van der Waals surface area contributed by atoms with Crippen molar-refractivity contribution in [2.24, 2.45) is 0 Å². The van der Waals surface area contributed by atoms with Gasteiger partial charge in [0.2, 0.25) is 9.76 Å². The molecule has 0 spiro atoms. The molecule has 0 aromatic rings. The molecular weight excluding hydrogens is 188 g/mol. The van der Waals surface area contributed by atoms with E-state index in [1.807, 2.05) is 0 Å². The molecule has 0 fully saturated rings. The van der Waals surface area contributed by atoms with Crippen LogP contribution >= 0.6 is 0 Å². The van der Waals surface area contributed by atoms with Crippen LogP contribution in [0.3, 0.4) is 0 Å². The Labute approximate surface area is 92.2 Å². The monoisotopic (exact) mass is 214 g/mol. The van der Waals surface area contributed by atoms with Gasteiger partial charge in [0.25, 0.3) is 0 Å². The maximum absolute atomic E-state index is 8.62. The SMILES string of the molecule is CCCCCCCCCCCC[Si]O. The third-order valence-electron chi connectivity index (χ3n) is 2.64. The van der Waals surface area contributed by atoms with Gasteiger partial charge in [0.15, 0.2) is 0 Å². The van der Waals surface area contributed by atoms with Crippen molar-refractivity contribution in [1.82, 2.24) is 0 Å². The zero-order valence-electron chi connectivity index (χ0n) is 9.73. The van der Waals surface area contributed by atoms with Gasteiger partial charge in [0.1, 0.15) is 0 Å². The Kier molecular flexibility index (Phi) is 13.3. The van der Waals surface area contributed by atoms with Gasteiger partial charge in [-0.2, -0.15) is 0 Å². The van der Waals surface area contributed by atoms with Gasteiger partial charge in [0, 0.05) is 0 Å². The molecule has 0 unspecified atom stereocenters. The first kappa shape index (κ1) is 14.2. The van der Waals surface area contributed by atoms with Gasteiger partial charge in [-0.3, -0.25) is 0 Å². The minimum atomic E-state index is 0.170. The highest BCUT2D eigenvalue weighted by atomic mass is 28.2. The maximum Gasteiger partial charge on any atom is 0.224 e. The smallest absolute Gasteiger partial charge is 0.224 e. The van der Waals surface area contributed by atoms with Crippen molar-refractivity contribution in [2.45, 2.75) is 77.2 Å². The second-order valence-corrected chi connectivity index (χ2v) is 4.91. The van der Waals surface area contributed by atoms with Gasteiger partial charge < -0.3 is 4.80 Å². The predicted octanol–water partition coefficient (Wildman–Crippen LogP) is 3.94. The van der Waals surface area contributed by atoms with E-state index in [2.05, 4.69) is 6.92 Å². The zero-order valence-corrected chi connectivity index (χ0v) is 10.7. The van der Waals surface area contributed by atoms with E-state index < -0.39 is 0 Å². The second kappa shape index (κ2) is 13.2. The van der Waals surface area contributed by atoms with Crippen LogP contribution in [0.15, 0.2) is 0 Å². The summed E-state index contributed by atoms with van der Waals surface area (Å²) in [7, 11) is 0.170. The highest BCUT2D eigenvalue weighted by molar-refractivity contribution is 6.25. The van der Waals surface area contributed by atoms with E-state index in [4.69, 9.17) is 4.80 Å². The number of hydrogen-bond donors (Lipinski definition) is 1. The standard InChI is InChI=1S/C12H26OSi/c1-2-3-4-5-6-7-8-9-10-11-12-14-13/h13H,2-12H2,1H3. The first-order valence-corrected chi connectivity index (χ1v) is 7.44. The molecule has 0 heterocycles. The summed E-state index contributed by atoms with van der Waals surface area (Å²) in [5.74, 6) is 0. The largest absolute Gasteiger partial charge is 0.432 e. The molecule has 0 saturated heterocycles. The molecule has 2 radical (unpaired) electrons. The summed E-state index contributed by atoms with van der Waals surface area (Å²) < 4.78 is 0. The van der Waals surface area contributed by atoms with Gasteiger partial charge in [-0.15, -0.1) is 0 Å². The summed E-state index contributed by atoms with van der Waals surface area (Å²) in [5, 5.41) is 0. The summed E-state index contributed by atoms with van der Waals surface area (Å²) in [4.78, 5) is 8.62. The quantitative estimate of drug-likeness (QED) is 0.408. The Morgan fingerprint density at radius 2 is 1.14 bits per heavy atom. The first-order valence-electron chi connectivity index (χ1n) is 6.28. The number of rotatable bonds is 11. The minimum Gasteiger partial charge on any atom is -0.432 e. The van der Waals surface area contributed by atoms with Crippen molar-refractivity contribution in [3.8, 4) is 0 Å². The summed E-state index contributed by atoms with van der Waals surface area (Å²) >= 11 is 0. The van der Waals surface area contributed by atoms with Crippen LogP contribution in [0, 0.1) is 0 Å². The molecular formula is C12H26OSi. The minimum absolute atomic E-state index is 0.170. The molecule has 0 aliphatic carbocycles. The molecule has 0 atom stereocenters. The van der Waals surface area contributed by atoms with Crippen molar-refractivity contribution >= 4 is 9.76 Å². The molecule has 0 aliphatic rings. The fourth-order valence-corrected chi connectivity index (χ4v) is 2.10. The van der Waals surface area contributed by atoms with E-state index in [0.29, 0.717) is 0 Å². The van der Waals surface area contributed by atoms with Gasteiger partial charge in [-0.1, -0.05) is 71.1 Å². The van der Waals surface area contributed by atoms with Crippen LogP contribution in [-0.2, 0) is 0 Å². The Hall–Kier alpha value is 0.177. The predicted molar refractivity (Wildman–Crippen MR) is 64.6 cm³/mol. The molecule has 0 aromatic carbocycles. The average Bonchev–Trinajstić information content (AvgIpc) is 2.21. The molecule has 0 rings (SSSR count). The van der Waals surface area contributed by atoms with Crippen molar-refractivity contribution in [2.75, 3.05) is 0 Å². The Bertz CT molecular complexity index is 84.3. The van der Waals surface area contributed by atoms with Crippen LogP contribution in [0.25, 0.3) is 0 Å². The van der Waals surface area contributed by atoms with E-state index in [1.165, 1.54) is 64.2 Å². The van der Waals surface area contributed by atoms with Gasteiger partial charge in [0.05, 0.1) is 0 Å². The van der Waals surface area contributed by atoms with Crippen LogP contribution < -0.4 is 0 Å². The lowest BCUT2D eigenvalue weighted by atomic mass is 10.1. The fraction of sp³-hybridized carbons (Fsp3) is 1.00. The van der Waals surface area contributed by atoms with E-state index in [0.717, 1.165) is 6.04 Å². The first-order chi connectivity index (χ1) is 6.91. The summed E-state index contributed by atoms with van der Waals surface area (Å²) in [6.07, 6.45) is 13.8. The van der Waals surface area contributed by atoms with Crippen LogP contribution in [0.5, 0.6) is 0 Å². The fourth-order valence-electron chi connectivity index (χ4n) is 1.69. The van der Waals surface area contributed by atoms with Crippen molar-refractivity contribution in [1.29, 1.82) is 0 Å². The van der Waals surface area contributed by atoms with Crippen LogP contribution in [0.2, 0.25) is 6.04 Å². The van der Waals surface area contributed by atoms with Crippen LogP contribution in [-0.4, -0.2) is 14.6 Å².